The molecule has 0 radical (unpaired) electrons. The fourth-order valence-electron chi connectivity index (χ4n) is 2.69. The first-order valence-corrected chi connectivity index (χ1v) is 7.82. The van der Waals surface area contributed by atoms with Gasteiger partial charge in [-0.3, -0.25) is 4.79 Å². The fraction of sp³-hybridized carbons (Fsp3) is 0.250. The van der Waals surface area contributed by atoms with Crippen molar-refractivity contribution in [2.24, 2.45) is 0 Å². The molecule has 1 aromatic carbocycles. The third-order valence-electron chi connectivity index (χ3n) is 3.76. The molecule has 3 rings (SSSR count). The summed E-state index contributed by atoms with van der Waals surface area (Å²) in [5.74, 6) is -0.0247. The van der Waals surface area contributed by atoms with Crippen LogP contribution in [0.15, 0.2) is 35.7 Å². The highest BCUT2D eigenvalue weighted by atomic mass is 32.1. The summed E-state index contributed by atoms with van der Waals surface area (Å²) < 4.78 is 0. The number of hydrogen-bond acceptors (Lipinski definition) is 3. The van der Waals surface area contributed by atoms with Gasteiger partial charge in [0, 0.05) is 12.0 Å². The highest BCUT2D eigenvalue weighted by molar-refractivity contribution is 7.14. The van der Waals surface area contributed by atoms with Crippen molar-refractivity contribution >= 4 is 22.2 Å². The van der Waals surface area contributed by atoms with Gasteiger partial charge < -0.3 is 10.2 Å². The summed E-state index contributed by atoms with van der Waals surface area (Å²) in [5.41, 5.74) is 3.26. The van der Waals surface area contributed by atoms with E-state index in [1.54, 1.807) is 6.07 Å². The Hall–Kier alpha value is -2.16. The maximum Gasteiger partial charge on any atom is 0.280 e. The van der Waals surface area contributed by atoms with E-state index in [1.165, 1.54) is 27.4 Å². The molecule has 1 amide bonds. The lowest BCUT2D eigenvalue weighted by Gasteiger charge is -2.25. The first-order chi connectivity index (χ1) is 10.3. The Kier molecular flexibility index (Phi) is 4.00. The van der Waals surface area contributed by atoms with Crippen molar-refractivity contribution in [2.45, 2.75) is 13.0 Å². The molecule has 4 nitrogen and oxygen atoms in total. The van der Waals surface area contributed by atoms with E-state index < -0.39 is 0 Å². The van der Waals surface area contributed by atoms with Gasteiger partial charge >= 0.3 is 0 Å². The number of benzene rings is 1. The van der Waals surface area contributed by atoms with Crippen LogP contribution >= 0.6 is 11.3 Å². The minimum atomic E-state index is -0.0247. The molecule has 0 saturated carbocycles. The minimum absolute atomic E-state index is 0.0247. The highest BCUT2D eigenvalue weighted by Gasteiger charge is 2.21. The zero-order valence-corrected chi connectivity index (χ0v) is 12.4. The number of rotatable bonds is 3. The molecule has 0 bridgehead atoms. The molecule has 0 aliphatic carbocycles. The Bertz CT molecular complexity index is 702. The van der Waals surface area contributed by atoms with Crippen molar-refractivity contribution in [1.29, 1.82) is 5.26 Å². The first kappa shape index (κ1) is 13.8. The van der Waals surface area contributed by atoms with E-state index in [4.69, 9.17) is 5.26 Å². The molecule has 1 aliphatic rings. The Morgan fingerprint density at radius 2 is 2.14 bits per heavy atom. The Morgan fingerprint density at radius 1 is 1.33 bits per heavy atom. The highest BCUT2D eigenvalue weighted by Crippen LogP contribution is 2.21. The number of thiophene rings is 1. The maximum absolute atomic E-state index is 12.1. The van der Waals surface area contributed by atoms with Crippen LogP contribution in [-0.2, 0) is 17.8 Å². The molecular weight excluding hydrogens is 282 g/mol. The Morgan fingerprint density at radius 3 is 2.95 bits per heavy atom. The van der Waals surface area contributed by atoms with Crippen LogP contribution in [0.25, 0.3) is 0 Å². The van der Waals surface area contributed by atoms with Gasteiger partial charge in [0.1, 0.15) is 17.6 Å². The quantitative estimate of drug-likeness (QED) is 0.894. The van der Waals surface area contributed by atoms with Crippen molar-refractivity contribution in [3.63, 3.8) is 0 Å². The predicted molar refractivity (Wildman–Crippen MR) is 82.2 cm³/mol. The van der Waals surface area contributed by atoms with E-state index in [9.17, 15) is 4.79 Å². The van der Waals surface area contributed by atoms with Gasteiger partial charge in [0.25, 0.3) is 5.91 Å². The minimum Gasteiger partial charge on any atom is -0.323 e. The third-order valence-corrected chi connectivity index (χ3v) is 4.59. The summed E-state index contributed by atoms with van der Waals surface area (Å²) >= 11 is 1.39. The van der Waals surface area contributed by atoms with Gasteiger partial charge in [0.2, 0.25) is 0 Å². The van der Waals surface area contributed by atoms with Crippen LogP contribution in [-0.4, -0.2) is 19.0 Å². The SMILES string of the molecule is N#Cc1ccsc1NC(=O)C[NH+]1CCc2ccccc2C1. The Balaban J connectivity index is 1.61. The number of quaternary nitrogens is 1. The number of carbonyl (C=O) groups excluding carboxylic acids is 1. The summed E-state index contributed by atoms with van der Waals surface area (Å²) in [4.78, 5) is 13.4. The van der Waals surface area contributed by atoms with Gasteiger partial charge in [-0.05, 0) is 17.0 Å². The second kappa shape index (κ2) is 6.08. The number of hydrogen-bond donors (Lipinski definition) is 2. The van der Waals surface area contributed by atoms with E-state index in [0.29, 0.717) is 17.1 Å². The number of nitrogens with one attached hydrogen (secondary N) is 2. The molecule has 1 aliphatic heterocycles. The van der Waals surface area contributed by atoms with E-state index in [0.717, 1.165) is 19.5 Å². The lowest BCUT2D eigenvalue weighted by Crippen LogP contribution is -3.12. The van der Waals surface area contributed by atoms with E-state index in [-0.39, 0.29) is 5.91 Å². The second-order valence-corrected chi connectivity index (χ2v) is 6.11. The molecule has 21 heavy (non-hydrogen) atoms. The monoisotopic (exact) mass is 298 g/mol. The summed E-state index contributed by atoms with van der Waals surface area (Å²) in [6.45, 7) is 2.30. The molecule has 1 atom stereocenters. The fourth-order valence-corrected chi connectivity index (χ4v) is 3.44. The van der Waals surface area contributed by atoms with Crippen LogP contribution in [0.4, 0.5) is 5.00 Å². The topological polar surface area (TPSA) is 57.3 Å². The smallest absolute Gasteiger partial charge is 0.280 e. The normalized spacial score (nSPS) is 16.8. The largest absolute Gasteiger partial charge is 0.323 e. The van der Waals surface area contributed by atoms with E-state index in [1.807, 2.05) is 11.4 Å². The van der Waals surface area contributed by atoms with Crippen molar-refractivity contribution < 1.29 is 9.69 Å². The molecule has 0 saturated heterocycles. The summed E-state index contributed by atoms with van der Waals surface area (Å²) in [5, 5.41) is 14.3. The van der Waals surface area contributed by atoms with Crippen LogP contribution in [0.2, 0.25) is 0 Å². The molecule has 1 aromatic heterocycles. The number of carbonyl (C=O) groups is 1. The number of nitrogens with zero attached hydrogens (tertiary/aromatic N) is 1. The van der Waals surface area contributed by atoms with E-state index >= 15 is 0 Å². The molecule has 2 heterocycles. The van der Waals surface area contributed by atoms with Crippen LogP contribution in [0.5, 0.6) is 0 Å². The van der Waals surface area contributed by atoms with E-state index in [2.05, 4.69) is 29.6 Å². The molecule has 0 spiro atoms. The molecular formula is C16H16N3OS+. The van der Waals surface area contributed by atoms with Gasteiger partial charge in [0.15, 0.2) is 6.54 Å². The van der Waals surface area contributed by atoms with Crippen molar-refractivity contribution in [1.82, 2.24) is 0 Å². The standard InChI is InChI=1S/C16H15N3OS/c17-9-13-6-8-21-16(13)18-15(20)11-19-7-5-12-3-1-2-4-14(12)10-19/h1-4,6,8H,5,7,10-11H2,(H,18,20)/p+1. The third kappa shape index (κ3) is 3.13. The van der Waals surface area contributed by atoms with Crippen molar-refractivity contribution in [2.75, 3.05) is 18.4 Å². The lowest BCUT2D eigenvalue weighted by molar-refractivity contribution is -0.907. The molecule has 106 valence electrons. The molecule has 2 aromatic rings. The molecule has 5 heteroatoms. The summed E-state index contributed by atoms with van der Waals surface area (Å²) in [6.07, 6.45) is 1.02. The average molecular weight is 298 g/mol. The van der Waals surface area contributed by atoms with Gasteiger partial charge in [-0.15, -0.1) is 11.3 Å². The van der Waals surface area contributed by atoms with Gasteiger partial charge in [0.05, 0.1) is 12.1 Å². The summed E-state index contributed by atoms with van der Waals surface area (Å²) in [7, 11) is 0. The van der Waals surface area contributed by atoms with Gasteiger partial charge in [-0.1, -0.05) is 24.3 Å². The number of fused-ring (bicyclic) bond motifs is 1. The first-order valence-electron chi connectivity index (χ1n) is 6.94. The number of nitriles is 1. The lowest BCUT2D eigenvalue weighted by atomic mass is 10.00. The van der Waals surface area contributed by atoms with Crippen LogP contribution in [0, 0.1) is 11.3 Å². The van der Waals surface area contributed by atoms with Crippen LogP contribution < -0.4 is 10.2 Å². The van der Waals surface area contributed by atoms with Crippen molar-refractivity contribution in [3.05, 3.63) is 52.4 Å². The Labute approximate surface area is 127 Å². The van der Waals surface area contributed by atoms with Gasteiger partial charge in [-0.2, -0.15) is 5.26 Å². The maximum atomic E-state index is 12.1. The predicted octanol–water partition coefficient (Wildman–Crippen LogP) is 1.20. The van der Waals surface area contributed by atoms with Crippen LogP contribution in [0.1, 0.15) is 16.7 Å². The molecule has 0 fully saturated rings. The van der Waals surface area contributed by atoms with Crippen molar-refractivity contribution in [3.8, 4) is 6.07 Å². The van der Waals surface area contributed by atoms with Crippen LogP contribution in [0.3, 0.4) is 0 Å². The summed E-state index contributed by atoms with van der Waals surface area (Å²) in [6, 6.07) is 12.2. The number of amides is 1. The molecule has 2 N–H and O–H groups in total. The average Bonchev–Trinajstić information content (AvgIpc) is 2.94. The zero-order chi connectivity index (χ0) is 14.7. The van der Waals surface area contributed by atoms with Gasteiger partial charge in [-0.25, -0.2) is 0 Å². The molecule has 1 unspecified atom stereocenters. The zero-order valence-electron chi connectivity index (χ0n) is 11.6. The second-order valence-electron chi connectivity index (χ2n) is 5.20. The number of anilines is 1.